The van der Waals surface area contributed by atoms with Gasteiger partial charge in [-0.3, -0.25) is 62.4 Å². The number of hydrogen-bond acceptors (Lipinski definition) is 14. The van der Waals surface area contributed by atoms with Crippen LogP contribution in [-0.4, -0.2) is 104 Å². The summed E-state index contributed by atoms with van der Waals surface area (Å²) in [7, 11) is 6.08. The minimum Gasteiger partial charge on any atom is -0.457 e. The molecule has 0 unspecified atom stereocenters. The molecule has 4 N–H and O–H groups in total. The Balaban J connectivity index is 0.000000161. The number of carbonyl (C=O) groups excluding carboxylic acids is 12. The lowest BCUT2D eigenvalue weighted by atomic mass is 9.83. The van der Waals surface area contributed by atoms with Gasteiger partial charge in [0.2, 0.25) is 0 Å². The first-order valence-corrected chi connectivity index (χ1v) is 36.4. The van der Waals surface area contributed by atoms with Crippen molar-refractivity contribution in [2.24, 2.45) is 0 Å². The number of hydrogen-bond donors (Lipinski definition) is 4. The molecular formula is C92H90N8O14. The fourth-order valence-electron chi connectivity index (χ4n) is 13.6. The van der Waals surface area contributed by atoms with E-state index in [1.165, 1.54) is 86.0 Å². The van der Waals surface area contributed by atoms with Crippen molar-refractivity contribution in [3.8, 4) is 23.0 Å². The lowest BCUT2D eigenvalue weighted by Crippen LogP contribution is -2.45. The van der Waals surface area contributed by atoms with E-state index in [-0.39, 0.29) is 93.5 Å². The molecule has 0 fully saturated rings. The Hall–Kier alpha value is -13.8. The van der Waals surface area contributed by atoms with Crippen molar-refractivity contribution in [2.45, 2.75) is 108 Å². The van der Waals surface area contributed by atoms with Crippen LogP contribution < -0.4 is 45.4 Å². The summed E-state index contributed by atoms with van der Waals surface area (Å²) in [5, 5.41) is 10.1. The summed E-state index contributed by atoms with van der Waals surface area (Å²) in [6.45, 7) is 25.8. The van der Waals surface area contributed by atoms with Crippen LogP contribution in [0.3, 0.4) is 0 Å². The molecule has 582 valence electrons. The molecule has 0 saturated heterocycles. The van der Waals surface area contributed by atoms with Crippen LogP contribution in [0.25, 0.3) is 0 Å². The van der Waals surface area contributed by atoms with Gasteiger partial charge in [-0.25, -0.2) is 14.7 Å². The zero-order chi connectivity index (χ0) is 82.1. The molecule has 0 radical (unpaired) electrons. The van der Waals surface area contributed by atoms with Crippen LogP contribution in [0.4, 0.5) is 17.1 Å². The van der Waals surface area contributed by atoms with Gasteiger partial charge in [0.15, 0.2) is 0 Å². The SMILES string of the molecule is C.CNC(=O)c1ccc2c(c1)C(=O)N(C(C)(C)c1cccc(C(C)(C)C)c1)C2=O.CNC(=O)c1ccc2c(c1)C(=O)N(c1c(C)cc(C)c(C)c1C)C2=O.CNC(=O)c1ccc2c(c1)C(=O)N(c1ccc(Oc3ccc(C)c(C)c3)cc1C)C2=O.CNC(=O)c1ccc2c(c1)C(=O)N(c1ccc(Oc3ccc(C)cc3)cc1)C2=O. The Morgan fingerprint density at radius 3 is 1.14 bits per heavy atom. The number of aryl methyl sites for hydroxylation is 6. The summed E-state index contributed by atoms with van der Waals surface area (Å²) in [5.41, 5.74) is 14.4. The van der Waals surface area contributed by atoms with E-state index in [2.05, 4.69) is 54.2 Å². The topological polar surface area (TPSA) is 284 Å². The molecule has 0 aromatic heterocycles. The maximum absolute atomic E-state index is 13.1. The Labute approximate surface area is 662 Å². The van der Waals surface area contributed by atoms with Gasteiger partial charge in [-0.05, 0) is 264 Å². The number of rotatable bonds is 13. The maximum Gasteiger partial charge on any atom is 0.266 e. The highest BCUT2D eigenvalue weighted by molar-refractivity contribution is 6.37. The number of imide groups is 4. The smallest absolute Gasteiger partial charge is 0.266 e. The third kappa shape index (κ3) is 16.1. The molecule has 12 amide bonds. The van der Waals surface area contributed by atoms with Gasteiger partial charge in [-0.15, -0.1) is 0 Å². The van der Waals surface area contributed by atoms with Crippen LogP contribution in [0.5, 0.6) is 23.0 Å². The standard InChI is InChI=1S/C25H22N2O4.C23H18N2O4.C23H26N2O3.C20H20N2O3.CH4/c1-14-5-7-18(11-15(14)2)31-19-8-10-22(16(3)12-19)27-24(29)20-9-6-17(23(28)26-4)13-21(20)25(27)30;1-14-3-8-17(9-4-14)29-18-10-6-16(7-11-18)25-22(27)19-12-5-15(21(26)24-2)13-20(19)23(25)28;1-22(2,3)15-8-7-9-16(13-15)23(4,5)25-20(27)17-11-10-14(19(26)24-6)12-18(17)21(25)28;1-10-8-11(2)17(13(4)12(10)3)22-19(24)15-7-6-14(18(23)21-5)9-16(15)20(22)25;/h5-13H,1-4H3,(H,26,28);3-13H,1-2H3,(H,24,26);7-13H,1-6H3,(H,24,26);6-9H,1-5H3,(H,21,23);1H4. The molecule has 10 aromatic carbocycles. The van der Waals surface area contributed by atoms with Crippen molar-refractivity contribution in [3.05, 3.63) is 310 Å². The highest BCUT2D eigenvalue weighted by atomic mass is 16.5. The first kappa shape index (κ1) is 82.7. The number of amides is 12. The Morgan fingerprint density at radius 1 is 0.316 bits per heavy atom. The normalized spacial score (nSPS) is 13.1. The first-order chi connectivity index (χ1) is 53.5. The van der Waals surface area contributed by atoms with Gasteiger partial charge < -0.3 is 30.7 Å². The molecule has 4 aliphatic rings. The fraction of sp³-hybridized carbons (Fsp3) is 0.217. The summed E-state index contributed by atoms with van der Waals surface area (Å²) in [6.07, 6.45) is 0. The van der Waals surface area contributed by atoms with Crippen molar-refractivity contribution in [1.29, 1.82) is 0 Å². The van der Waals surface area contributed by atoms with E-state index in [4.69, 9.17) is 9.47 Å². The van der Waals surface area contributed by atoms with Gasteiger partial charge in [0, 0.05) is 50.4 Å². The average Bonchev–Trinajstić information content (AvgIpc) is 1.60. The van der Waals surface area contributed by atoms with Gasteiger partial charge in [-0.2, -0.15) is 0 Å². The highest BCUT2D eigenvalue weighted by Crippen LogP contribution is 2.41. The second kappa shape index (κ2) is 33.0. The number of ether oxygens (including phenoxy) is 2. The maximum atomic E-state index is 13.1. The molecule has 0 atom stereocenters. The van der Waals surface area contributed by atoms with Gasteiger partial charge in [0.05, 0.1) is 67.1 Å². The van der Waals surface area contributed by atoms with Crippen molar-refractivity contribution in [2.75, 3.05) is 42.9 Å². The molecule has 0 aliphatic carbocycles. The lowest BCUT2D eigenvalue weighted by molar-refractivity contribution is 0.0472. The number of nitrogens with one attached hydrogen (secondary N) is 4. The third-order valence-electron chi connectivity index (χ3n) is 20.5. The summed E-state index contributed by atoms with van der Waals surface area (Å²) >= 11 is 0. The molecule has 4 heterocycles. The Kier molecular flexibility index (Phi) is 24.0. The van der Waals surface area contributed by atoms with Crippen molar-refractivity contribution >= 4 is 87.9 Å². The van der Waals surface area contributed by atoms with Crippen molar-refractivity contribution < 1.29 is 67.0 Å². The van der Waals surface area contributed by atoms with Gasteiger partial charge >= 0.3 is 0 Å². The Bertz CT molecular complexity index is 5680. The predicted octanol–water partition coefficient (Wildman–Crippen LogP) is 16.1. The zero-order valence-electron chi connectivity index (χ0n) is 65.9. The van der Waals surface area contributed by atoms with Crippen LogP contribution in [0.1, 0.15) is 222 Å². The number of nitrogens with zero attached hydrogens (tertiary/aromatic N) is 4. The molecule has 10 aromatic rings. The van der Waals surface area contributed by atoms with Gasteiger partial charge in [-0.1, -0.05) is 82.3 Å². The zero-order valence-corrected chi connectivity index (χ0v) is 65.9. The molecular weight excluding hydrogens is 1440 g/mol. The number of fused-ring (bicyclic) bond motifs is 4. The molecule has 114 heavy (non-hydrogen) atoms. The van der Waals surface area contributed by atoms with E-state index >= 15 is 0 Å². The minimum atomic E-state index is -0.832. The number of carbonyl (C=O) groups is 12. The summed E-state index contributed by atoms with van der Waals surface area (Å²) in [6, 6.07) is 53.7. The molecule has 14 rings (SSSR count). The van der Waals surface area contributed by atoms with Crippen LogP contribution >= 0.6 is 0 Å². The second-order valence-electron chi connectivity index (χ2n) is 29.3. The van der Waals surface area contributed by atoms with Gasteiger partial charge in [0.25, 0.3) is 70.9 Å². The third-order valence-corrected chi connectivity index (χ3v) is 20.5. The minimum absolute atomic E-state index is 0. The van der Waals surface area contributed by atoms with E-state index in [0.29, 0.717) is 67.7 Å². The largest absolute Gasteiger partial charge is 0.457 e. The summed E-state index contributed by atoms with van der Waals surface area (Å²) < 4.78 is 11.7. The Morgan fingerprint density at radius 2 is 0.684 bits per heavy atom. The number of anilines is 3. The van der Waals surface area contributed by atoms with Crippen LogP contribution in [0.2, 0.25) is 0 Å². The molecule has 4 aliphatic heterocycles. The van der Waals surface area contributed by atoms with Crippen LogP contribution in [0, 0.1) is 55.4 Å². The van der Waals surface area contributed by atoms with E-state index in [1.807, 2.05) is 130 Å². The van der Waals surface area contributed by atoms with E-state index in [9.17, 15) is 57.5 Å². The van der Waals surface area contributed by atoms with E-state index < -0.39 is 29.2 Å². The van der Waals surface area contributed by atoms with Crippen molar-refractivity contribution in [1.82, 2.24) is 26.2 Å². The van der Waals surface area contributed by atoms with Gasteiger partial charge in [0.1, 0.15) is 23.0 Å². The van der Waals surface area contributed by atoms with Crippen LogP contribution in [0.15, 0.2) is 188 Å². The molecule has 22 heteroatoms. The number of benzene rings is 10. The monoisotopic (exact) mass is 1530 g/mol. The summed E-state index contributed by atoms with van der Waals surface area (Å²) in [4.78, 5) is 156. The van der Waals surface area contributed by atoms with Crippen LogP contribution in [-0.2, 0) is 11.0 Å². The second-order valence-corrected chi connectivity index (χ2v) is 29.3. The molecule has 0 spiro atoms. The molecule has 22 nitrogen and oxygen atoms in total. The lowest BCUT2D eigenvalue weighted by Gasteiger charge is -2.35. The average molecular weight is 1530 g/mol. The first-order valence-electron chi connectivity index (χ1n) is 36.4. The summed E-state index contributed by atoms with van der Waals surface area (Å²) in [5.74, 6) is -1.77. The highest BCUT2D eigenvalue weighted by Gasteiger charge is 2.46. The van der Waals surface area contributed by atoms with E-state index in [1.54, 1.807) is 72.8 Å². The predicted molar refractivity (Wildman–Crippen MR) is 438 cm³/mol. The molecule has 0 bridgehead atoms. The van der Waals surface area contributed by atoms with Crippen molar-refractivity contribution in [3.63, 3.8) is 0 Å². The van der Waals surface area contributed by atoms with E-state index in [0.717, 1.165) is 65.6 Å². The quantitative estimate of drug-likeness (QED) is 0.0781. The molecule has 0 saturated carbocycles. The fourth-order valence-corrected chi connectivity index (χ4v) is 13.6.